The Kier molecular flexibility index (Phi) is 12.2. The average Bonchev–Trinajstić information content (AvgIpc) is 3.51. The topological polar surface area (TPSA) is 94.9 Å². The first-order valence-corrected chi connectivity index (χ1v) is 14.7. The van der Waals surface area contributed by atoms with Crippen molar-refractivity contribution in [3.63, 3.8) is 0 Å². The van der Waals surface area contributed by atoms with E-state index in [0.29, 0.717) is 24.4 Å². The minimum Gasteiger partial charge on any atom is -0.352 e. The monoisotopic (exact) mass is 590 g/mol. The van der Waals surface area contributed by atoms with Gasteiger partial charge in [0.2, 0.25) is 5.91 Å². The SMILES string of the molecule is CC[C@H]1O[C@@H](n2ccc(NC(=O)C(C)C)nc2=O)CC1O[P@@]1OC2(CCCC2)[C@H](C(C)C)N1C(C)C.S.S. The van der Waals surface area contributed by atoms with Crippen LogP contribution in [0.3, 0.4) is 0 Å². The fourth-order valence-electron chi connectivity index (χ4n) is 5.89. The fourth-order valence-corrected chi connectivity index (χ4v) is 8.25. The minimum absolute atomic E-state index is 0. The zero-order valence-corrected chi connectivity index (χ0v) is 26.7. The maximum absolute atomic E-state index is 12.8. The van der Waals surface area contributed by atoms with Crippen LogP contribution in [0.15, 0.2) is 17.1 Å². The van der Waals surface area contributed by atoms with Gasteiger partial charge in [0.25, 0.3) is 8.53 Å². The summed E-state index contributed by atoms with van der Waals surface area (Å²) >= 11 is 0. The zero-order chi connectivity index (χ0) is 26.2. The average molecular weight is 591 g/mol. The molecule has 4 rings (SSSR count). The molecule has 1 unspecified atom stereocenters. The summed E-state index contributed by atoms with van der Waals surface area (Å²) in [5.41, 5.74) is -0.574. The van der Waals surface area contributed by atoms with E-state index in [4.69, 9.17) is 13.8 Å². The van der Waals surface area contributed by atoms with Crippen molar-refractivity contribution < 1.29 is 18.6 Å². The van der Waals surface area contributed by atoms with Gasteiger partial charge in [0.05, 0.1) is 17.8 Å². The lowest BCUT2D eigenvalue weighted by molar-refractivity contribution is -0.118. The molecule has 0 radical (unpaired) electrons. The number of hydrogen-bond acceptors (Lipinski definition) is 7. The lowest BCUT2D eigenvalue weighted by atomic mass is 9.84. The van der Waals surface area contributed by atoms with Gasteiger partial charge in [-0.15, -0.1) is 0 Å². The fraction of sp³-hybridized carbons (Fsp3) is 0.808. The normalized spacial score (nSPS) is 28.7. The molecule has 1 aliphatic carbocycles. The Hall–Kier alpha value is -0.680. The van der Waals surface area contributed by atoms with Crippen LogP contribution in [0.2, 0.25) is 0 Å². The summed E-state index contributed by atoms with van der Waals surface area (Å²) in [6, 6.07) is 2.29. The Labute approximate surface area is 242 Å². The molecule has 1 aromatic rings. The van der Waals surface area contributed by atoms with Gasteiger partial charge in [0, 0.05) is 30.6 Å². The molecule has 1 N–H and O–H groups in total. The highest BCUT2D eigenvalue weighted by molar-refractivity contribution is 7.59. The zero-order valence-electron chi connectivity index (χ0n) is 23.8. The number of rotatable bonds is 8. The number of ether oxygens (including phenoxy) is 1. The summed E-state index contributed by atoms with van der Waals surface area (Å²) in [6.45, 7) is 14.7. The Bertz CT molecular complexity index is 989. The van der Waals surface area contributed by atoms with E-state index in [1.807, 2.05) is 0 Å². The molecule has 1 aromatic heterocycles. The Morgan fingerprint density at radius 2 is 1.87 bits per heavy atom. The third-order valence-corrected chi connectivity index (χ3v) is 9.67. The molecule has 5 atom stereocenters. The molecule has 1 spiro atoms. The van der Waals surface area contributed by atoms with E-state index in [9.17, 15) is 9.59 Å². The van der Waals surface area contributed by atoms with Crippen molar-refractivity contribution in [3.8, 4) is 0 Å². The molecular weight excluding hydrogens is 543 g/mol. The molecule has 0 bridgehead atoms. The van der Waals surface area contributed by atoms with Gasteiger partial charge in [-0.1, -0.05) is 47.5 Å². The van der Waals surface area contributed by atoms with Crippen LogP contribution < -0.4 is 11.0 Å². The lowest BCUT2D eigenvalue weighted by Crippen LogP contribution is -2.48. The quantitative estimate of drug-likeness (QED) is 0.402. The maximum Gasteiger partial charge on any atom is 0.351 e. The van der Waals surface area contributed by atoms with Crippen LogP contribution in [0.5, 0.6) is 0 Å². The van der Waals surface area contributed by atoms with Gasteiger partial charge < -0.3 is 19.1 Å². The molecule has 2 saturated heterocycles. The summed E-state index contributed by atoms with van der Waals surface area (Å²) in [5, 5.41) is 2.68. The van der Waals surface area contributed by atoms with Crippen molar-refractivity contribution in [2.75, 3.05) is 5.32 Å². The van der Waals surface area contributed by atoms with Crippen LogP contribution in [0.4, 0.5) is 5.82 Å². The van der Waals surface area contributed by atoms with Gasteiger partial charge in [-0.05, 0) is 45.1 Å². The second-order valence-corrected chi connectivity index (χ2v) is 12.7. The van der Waals surface area contributed by atoms with Crippen molar-refractivity contribution in [1.82, 2.24) is 14.2 Å². The van der Waals surface area contributed by atoms with Crippen LogP contribution in [0, 0.1) is 11.8 Å². The molecule has 1 saturated carbocycles. The van der Waals surface area contributed by atoms with Crippen molar-refractivity contribution >= 4 is 47.2 Å². The van der Waals surface area contributed by atoms with Crippen LogP contribution in [-0.2, 0) is 18.6 Å². The van der Waals surface area contributed by atoms with Gasteiger partial charge in [-0.3, -0.25) is 9.36 Å². The van der Waals surface area contributed by atoms with Crippen LogP contribution in [0.1, 0.15) is 93.2 Å². The van der Waals surface area contributed by atoms with Gasteiger partial charge in [0.1, 0.15) is 12.0 Å². The Morgan fingerprint density at radius 1 is 1.21 bits per heavy atom. The van der Waals surface area contributed by atoms with Crippen LogP contribution >= 0.6 is 35.5 Å². The number of anilines is 1. The minimum atomic E-state index is -1.24. The number of aromatic nitrogens is 2. The third kappa shape index (κ3) is 6.78. The first-order valence-electron chi connectivity index (χ1n) is 13.6. The van der Waals surface area contributed by atoms with E-state index in [-0.39, 0.29) is 62.4 Å². The van der Waals surface area contributed by atoms with E-state index >= 15 is 0 Å². The maximum atomic E-state index is 12.8. The molecule has 2 aliphatic heterocycles. The third-order valence-electron chi connectivity index (χ3n) is 7.61. The number of hydrogen-bond donors (Lipinski definition) is 1. The molecule has 9 nitrogen and oxygen atoms in total. The van der Waals surface area contributed by atoms with E-state index < -0.39 is 20.4 Å². The standard InChI is InChI=1S/C26H43N4O5P.2H2S/c1-8-19-20(15-22(33-19)29-14-11-21(28-25(29)32)27-24(31)17(4)5)34-36-30(18(6)7)23(16(2)3)26(35-36)12-9-10-13-26;;/h11,14,16-20,22-23H,8-10,12-13,15H2,1-7H3,(H,27,28,31,32);2*1H2/t19-,20?,22-,23+,36+;;/m1../s1. The van der Waals surface area contributed by atoms with E-state index in [1.54, 1.807) is 26.1 Å². The number of nitrogens with one attached hydrogen (secondary N) is 1. The van der Waals surface area contributed by atoms with Crippen molar-refractivity contribution in [3.05, 3.63) is 22.7 Å². The molecule has 3 aliphatic rings. The summed E-state index contributed by atoms with van der Waals surface area (Å²) in [4.78, 5) is 28.8. The van der Waals surface area contributed by atoms with Gasteiger partial charge in [-0.2, -0.15) is 32.0 Å². The Morgan fingerprint density at radius 3 is 2.39 bits per heavy atom. The molecule has 3 heterocycles. The van der Waals surface area contributed by atoms with E-state index in [2.05, 4.69) is 49.6 Å². The largest absolute Gasteiger partial charge is 0.352 e. The molecule has 0 aromatic carbocycles. The number of carbonyl (C=O) groups is 1. The molecule has 3 fully saturated rings. The highest BCUT2D eigenvalue weighted by Gasteiger charge is 2.58. The highest BCUT2D eigenvalue weighted by Crippen LogP contribution is 2.64. The smallest absolute Gasteiger partial charge is 0.351 e. The molecule has 1 amide bonds. The number of amides is 1. The summed E-state index contributed by atoms with van der Waals surface area (Å²) in [7, 11) is -1.24. The summed E-state index contributed by atoms with van der Waals surface area (Å²) in [5.74, 6) is 0.351. The summed E-state index contributed by atoms with van der Waals surface area (Å²) < 4.78 is 23.9. The van der Waals surface area contributed by atoms with Gasteiger partial charge in [-0.25, -0.2) is 9.46 Å². The van der Waals surface area contributed by atoms with Gasteiger partial charge in [0.15, 0.2) is 0 Å². The molecule has 38 heavy (non-hydrogen) atoms. The molecular formula is C26H47N4O5PS2. The van der Waals surface area contributed by atoms with E-state index in [0.717, 1.165) is 19.3 Å². The predicted molar refractivity (Wildman–Crippen MR) is 161 cm³/mol. The first kappa shape index (κ1) is 33.5. The van der Waals surface area contributed by atoms with E-state index in [1.165, 1.54) is 17.4 Å². The highest BCUT2D eigenvalue weighted by atomic mass is 32.1. The van der Waals surface area contributed by atoms with Crippen molar-refractivity contribution in [1.29, 1.82) is 0 Å². The summed E-state index contributed by atoms with van der Waals surface area (Å²) in [6.07, 6.45) is 6.75. The molecule has 218 valence electrons. The van der Waals surface area contributed by atoms with Crippen LogP contribution in [-0.4, -0.2) is 50.0 Å². The second kappa shape index (κ2) is 13.8. The first-order chi connectivity index (χ1) is 17.1. The van der Waals surface area contributed by atoms with Crippen molar-refractivity contribution in [2.24, 2.45) is 11.8 Å². The van der Waals surface area contributed by atoms with Gasteiger partial charge >= 0.3 is 5.69 Å². The number of carbonyl (C=O) groups excluding carboxylic acids is 1. The van der Waals surface area contributed by atoms with Crippen molar-refractivity contribution in [2.45, 2.75) is 123 Å². The Balaban J connectivity index is 0.00000253. The number of nitrogens with zero attached hydrogens (tertiary/aromatic N) is 3. The second-order valence-electron chi connectivity index (χ2n) is 11.3. The molecule has 12 heteroatoms. The predicted octanol–water partition coefficient (Wildman–Crippen LogP) is 5.45. The lowest BCUT2D eigenvalue weighted by Gasteiger charge is -2.37. The van der Waals surface area contributed by atoms with Crippen LogP contribution in [0.25, 0.3) is 0 Å².